The molecule has 0 aliphatic heterocycles. The first-order valence-electron chi connectivity index (χ1n) is 2.75. The van der Waals surface area contributed by atoms with Gasteiger partial charge in [-0.15, -0.1) is 0 Å². The fourth-order valence-electron chi connectivity index (χ4n) is 0.351. The molecule has 5 heteroatoms. The monoisotopic (exact) mass is 144 g/mol. The van der Waals surface area contributed by atoms with E-state index in [1.54, 1.807) is 6.92 Å². The van der Waals surface area contributed by atoms with Gasteiger partial charge in [-0.3, -0.25) is 0 Å². The smallest absolute Gasteiger partial charge is 0.419 e. The molecule has 0 spiro atoms. The van der Waals surface area contributed by atoms with Gasteiger partial charge in [-0.05, 0) is 6.92 Å². The van der Waals surface area contributed by atoms with Crippen LogP contribution in [0.2, 0.25) is 0 Å². The highest BCUT2D eigenvalue weighted by atomic mass is 16.5. The Morgan fingerprint density at radius 2 is 2.40 bits per heavy atom. The lowest BCUT2D eigenvalue weighted by Gasteiger charge is -1.92. The van der Waals surface area contributed by atoms with Crippen LogP contribution >= 0.6 is 0 Å². The third kappa shape index (κ3) is 2.39. The number of esters is 1. The number of aliphatic hydroxyl groups excluding tert-OH is 1. The van der Waals surface area contributed by atoms with Gasteiger partial charge in [0.15, 0.2) is 6.61 Å². The summed E-state index contributed by atoms with van der Waals surface area (Å²) in [5, 5.41) is 8.33. The van der Waals surface area contributed by atoms with Crippen LogP contribution in [0.5, 0.6) is 0 Å². The van der Waals surface area contributed by atoms with Gasteiger partial charge in [0.2, 0.25) is 0 Å². The predicted octanol–water partition coefficient (Wildman–Crippen LogP) is -0.787. The van der Waals surface area contributed by atoms with Crippen molar-refractivity contribution in [3.8, 4) is 0 Å². The zero-order valence-corrected chi connectivity index (χ0v) is 5.57. The van der Waals surface area contributed by atoms with Gasteiger partial charge in [0, 0.05) is 0 Å². The van der Waals surface area contributed by atoms with Gasteiger partial charge in [-0.25, -0.2) is 4.79 Å². The molecule has 0 unspecified atom stereocenters. The van der Waals surface area contributed by atoms with E-state index in [1.807, 2.05) is 0 Å². The van der Waals surface area contributed by atoms with E-state index in [0.717, 1.165) is 0 Å². The number of carbonyl (C=O) groups is 1. The Balaban J connectivity index is 4.04. The molecule has 0 fully saturated rings. The fraction of sp³-hybridized carbons (Fsp3) is 0.600. The maximum Gasteiger partial charge on any atom is 0.419 e. The summed E-state index contributed by atoms with van der Waals surface area (Å²) < 4.78 is 4.40. The lowest BCUT2D eigenvalue weighted by molar-refractivity contribution is -0.140. The molecule has 0 aliphatic carbocycles. The van der Waals surface area contributed by atoms with E-state index in [0.29, 0.717) is 0 Å². The van der Waals surface area contributed by atoms with E-state index < -0.39 is 12.6 Å². The van der Waals surface area contributed by atoms with Crippen molar-refractivity contribution < 1.29 is 19.4 Å². The highest BCUT2D eigenvalue weighted by molar-refractivity contribution is 6.34. The second-order valence-corrected chi connectivity index (χ2v) is 1.43. The Bertz CT molecular complexity index is 172. The Hall–Kier alpha value is -1.19. The van der Waals surface area contributed by atoms with Crippen molar-refractivity contribution in [3.63, 3.8) is 0 Å². The Kier molecular flexibility index (Phi) is 4.11. The quantitative estimate of drug-likeness (QED) is 0.244. The number of hydrogen-bond acceptors (Lipinski definition) is 3. The maximum absolute atomic E-state index is 10.5. The zero-order valence-electron chi connectivity index (χ0n) is 5.57. The second kappa shape index (κ2) is 4.67. The number of ether oxygens (including phenoxy) is 1. The summed E-state index contributed by atoms with van der Waals surface area (Å²) in [5.41, 5.74) is 7.66. The molecule has 0 amide bonds. The molecule has 0 saturated carbocycles. The lowest BCUT2D eigenvalue weighted by Crippen LogP contribution is -2.21. The second-order valence-electron chi connectivity index (χ2n) is 1.43. The largest absolute Gasteiger partial charge is 0.457 e. The van der Waals surface area contributed by atoms with Gasteiger partial charge >= 0.3 is 11.7 Å². The molecule has 5 nitrogen and oxygen atoms in total. The molecule has 0 saturated heterocycles. The number of hydrogen-bond donors (Lipinski definition) is 1. The molecule has 0 radical (unpaired) electrons. The average Bonchev–Trinajstić information content (AvgIpc) is 1.91. The molecule has 0 heterocycles. The summed E-state index contributed by atoms with van der Waals surface area (Å²) in [6.45, 7) is 1.19. The van der Waals surface area contributed by atoms with E-state index in [2.05, 4.69) is 9.53 Å². The van der Waals surface area contributed by atoms with Crippen molar-refractivity contribution in [1.29, 1.82) is 0 Å². The molecular formula is C5H8N2O3. The van der Waals surface area contributed by atoms with Crippen LogP contribution in [0.3, 0.4) is 0 Å². The molecule has 56 valence electrons. The van der Waals surface area contributed by atoms with Gasteiger partial charge in [0.25, 0.3) is 0 Å². The normalized spacial score (nSPS) is 8.20. The van der Waals surface area contributed by atoms with Crippen molar-refractivity contribution in [1.82, 2.24) is 0 Å². The Labute approximate surface area is 57.9 Å². The van der Waals surface area contributed by atoms with Gasteiger partial charge < -0.3 is 15.4 Å². The van der Waals surface area contributed by atoms with Crippen molar-refractivity contribution in [2.45, 2.75) is 6.92 Å². The van der Waals surface area contributed by atoms with Crippen molar-refractivity contribution in [3.05, 3.63) is 5.53 Å². The minimum absolute atomic E-state index is 0.192. The van der Waals surface area contributed by atoms with Crippen LogP contribution in [0.4, 0.5) is 0 Å². The average molecular weight is 144 g/mol. The predicted molar refractivity (Wildman–Crippen MR) is 32.3 cm³/mol. The topological polar surface area (TPSA) is 82.9 Å². The highest BCUT2D eigenvalue weighted by Crippen LogP contribution is 1.78. The number of aliphatic hydroxyl groups is 1. The van der Waals surface area contributed by atoms with Gasteiger partial charge in [-0.2, -0.15) is 4.79 Å². The van der Waals surface area contributed by atoms with Crippen LogP contribution in [-0.4, -0.2) is 34.8 Å². The van der Waals surface area contributed by atoms with Crippen LogP contribution in [0.1, 0.15) is 6.92 Å². The molecule has 0 aliphatic rings. The first kappa shape index (κ1) is 8.81. The standard InChI is InChI=1S/C5H8N2O3/c1-2-10-5(9)4(3-8)7-6/h8H,2-3H2,1H3. The van der Waals surface area contributed by atoms with Gasteiger partial charge in [0.05, 0.1) is 6.61 Å². The zero-order chi connectivity index (χ0) is 7.98. The Morgan fingerprint density at radius 3 is 2.70 bits per heavy atom. The third-order valence-corrected chi connectivity index (χ3v) is 0.782. The summed E-state index contributed by atoms with van der Waals surface area (Å²) in [4.78, 5) is 13.0. The number of nitrogens with zero attached hydrogens (tertiary/aromatic N) is 2. The molecule has 0 aromatic carbocycles. The third-order valence-electron chi connectivity index (χ3n) is 0.782. The summed E-state index contributed by atoms with van der Waals surface area (Å²) >= 11 is 0. The first-order chi connectivity index (χ1) is 4.76. The minimum Gasteiger partial charge on any atom is -0.457 e. The minimum atomic E-state index is -0.799. The Morgan fingerprint density at radius 1 is 1.80 bits per heavy atom. The molecule has 0 bridgehead atoms. The number of rotatable bonds is 3. The summed E-state index contributed by atoms with van der Waals surface area (Å²) in [6, 6.07) is 0. The fourth-order valence-corrected chi connectivity index (χ4v) is 0.351. The van der Waals surface area contributed by atoms with E-state index in [9.17, 15) is 4.79 Å². The van der Waals surface area contributed by atoms with Crippen LogP contribution in [0.25, 0.3) is 5.53 Å². The van der Waals surface area contributed by atoms with E-state index in [1.165, 1.54) is 0 Å². The van der Waals surface area contributed by atoms with Crippen LogP contribution < -0.4 is 0 Å². The molecule has 10 heavy (non-hydrogen) atoms. The van der Waals surface area contributed by atoms with Crippen molar-refractivity contribution in [2.75, 3.05) is 13.2 Å². The van der Waals surface area contributed by atoms with Gasteiger partial charge in [-0.1, -0.05) is 0 Å². The SMILES string of the molecule is CCOC(=O)C(CO)=[N+]=[N-]. The van der Waals surface area contributed by atoms with E-state index in [4.69, 9.17) is 10.6 Å². The van der Waals surface area contributed by atoms with E-state index >= 15 is 0 Å². The van der Waals surface area contributed by atoms with Crippen molar-refractivity contribution >= 4 is 11.7 Å². The molecular weight excluding hydrogens is 136 g/mol. The summed E-state index contributed by atoms with van der Waals surface area (Å²) in [5.74, 6) is -0.799. The maximum atomic E-state index is 10.5. The molecule has 1 N–H and O–H groups in total. The lowest BCUT2D eigenvalue weighted by atomic mass is 10.4. The molecule has 0 aromatic heterocycles. The highest BCUT2D eigenvalue weighted by Gasteiger charge is 2.19. The molecule has 0 atom stereocenters. The summed E-state index contributed by atoms with van der Waals surface area (Å²) in [7, 11) is 0. The first-order valence-corrected chi connectivity index (χ1v) is 2.75. The van der Waals surface area contributed by atoms with Crippen molar-refractivity contribution in [2.24, 2.45) is 0 Å². The van der Waals surface area contributed by atoms with Crippen LogP contribution in [0.15, 0.2) is 0 Å². The summed E-state index contributed by atoms with van der Waals surface area (Å²) in [6.07, 6.45) is 0. The molecule has 0 rings (SSSR count). The van der Waals surface area contributed by atoms with Gasteiger partial charge in [0.1, 0.15) is 0 Å². The molecule has 0 aromatic rings. The van der Waals surface area contributed by atoms with Crippen LogP contribution in [-0.2, 0) is 9.53 Å². The number of carbonyl (C=O) groups excluding carboxylic acids is 1. The van der Waals surface area contributed by atoms with Crippen LogP contribution in [0, 0.1) is 0 Å². The van der Waals surface area contributed by atoms with E-state index in [-0.39, 0.29) is 12.3 Å².